The second-order valence-electron chi connectivity index (χ2n) is 3.59. The van der Waals surface area contributed by atoms with Gasteiger partial charge in [0.2, 0.25) is 0 Å². The van der Waals surface area contributed by atoms with Gasteiger partial charge >= 0.3 is 0 Å². The number of benzene rings is 1. The van der Waals surface area contributed by atoms with Crippen molar-refractivity contribution in [3.05, 3.63) is 45.3 Å². The van der Waals surface area contributed by atoms with Crippen LogP contribution in [-0.2, 0) is 6.42 Å². The molecule has 0 aliphatic carbocycles. The Hall–Kier alpha value is -1.03. The van der Waals surface area contributed by atoms with Gasteiger partial charge in [0.25, 0.3) is 0 Å². The van der Waals surface area contributed by atoms with Gasteiger partial charge in [0.15, 0.2) is 0 Å². The third-order valence-electron chi connectivity index (χ3n) is 2.43. The number of halogens is 3. The van der Waals surface area contributed by atoms with E-state index in [1.165, 1.54) is 6.33 Å². The van der Waals surface area contributed by atoms with E-state index in [4.69, 9.17) is 34.8 Å². The van der Waals surface area contributed by atoms with Crippen LogP contribution in [0.3, 0.4) is 0 Å². The molecule has 2 rings (SSSR count). The number of nitrogens with zero attached hydrogens (tertiary/aromatic N) is 2. The lowest BCUT2D eigenvalue weighted by molar-refractivity contribution is 1.05. The van der Waals surface area contributed by atoms with Gasteiger partial charge in [0, 0.05) is 10.6 Å². The third-order valence-corrected chi connectivity index (χ3v) is 3.30. The Morgan fingerprint density at radius 3 is 2.61 bits per heavy atom. The molecule has 0 amide bonds. The Morgan fingerprint density at radius 2 is 1.94 bits per heavy atom. The summed E-state index contributed by atoms with van der Waals surface area (Å²) in [7, 11) is 0. The monoisotopic (exact) mass is 301 g/mol. The molecule has 0 spiro atoms. The van der Waals surface area contributed by atoms with Gasteiger partial charge in [-0.3, -0.25) is 0 Å². The molecule has 0 aliphatic heterocycles. The molecule has 94 valence electrons. The normalized spacial score (nSPS) is 10.4. The van der Waals surface area contributed by atoms with Gasteiger partial charge < -0.3 is 5.32 Å². The van der Waals surface area contributed by atoms with Gasteiger partial charge in [-0.05, 0) is 24.6 Å². The van der Waals surface area contributed by atoms with Gasteiger partial charge in [-0.1, -0.05) is 41.7 Å². The second-order valence-corrected chi connectivity index (χ2v) is 4.80. The number of hydrogen-bond donors (Lipinski definition) is 1. The van der Waals surface area contributed by atoms with Crippen LogP contribution in [0.15, 0.2) is 24.5 Å². The van der Waals surface area contributed by atoms with Gasteiger partial charge in [-0.2, -0.15) is 0 Å². The number of nitrogens with one attached hydrogen (secondary N) is 1. The summed E-state index contributed by atoms with van der Waals surface area (Å²) in [6, 6.07) is 5.21. The van der Waals surface area contributed by atoms with Crippen LogP contribution in [0.1, 0.15) is 12.5 Å². The molecular formula is C12H10Cl3N3. The van der Waals surface area contributed by atoms with E-state index < -0.39 is 0 Å². The SMILES string of the molecule is CCc1c(Cl)ncnc1Nc1ccc(Cl)cc1Cl. The van der Waals surface area contributed by atoms with Crippen LogP contribution >= 0.6 is 34.8 Å². The van der Waals surface area contributed by atoms with Crippen molar-refractivity contribution in [2.75, 3.05) is 5.32 Å². The highest BCUT2D eigenvalue weighted by Crippen LogP contribution is 2.30. The molecule has 0 atom stereocenters. The van der Waals surface area contributed by atoms with Gasteiger partial charge in [-0.15, -0.1) is 0 Å². The largest absolute Gasteiger partial charge is 0.339 e. The first kappa shape index (κ1) is 13.4. The molecule has 0 radical (unpaired) electrons. The van der Waals surface area contributed by atoms with Crippen molar-refractivity contribution < 1.29 is 0 Å². The molecule has 1 heterocycles. The first-order valence-electron chi connectivity index (χ1n) is 5.33. The van der Waals surface area contributed by atoms with E-state index in [0.29, 0.717) is 21.0 Å². The quantitative estimate of drug-likeness (QED) is 0.832. The molecule has 0 aliphatic rings. The summed E-state index contributed by atoms with van der Waals surface area (Å²) in [5, 5.41) is 4.69. The Kier molecular flexibility index (Phi) is 4.27. The smallest absolute Gasteiger partial charge is 0.138 e. The van der Waals surface area contributed by atoms with Crippen molar-refractivity contribution in [2.24, 2.45) is 0 Å². The van der Waals surface area contributed by atoms with Crippen LogP contribution in [0.5, 0.6) is 0 Å². The summed E-state index contributed by atoms with van der Waals surface area (Å²) >= 11 is 18.0. The van der Waals surface area contributed by atoms with Crippen molar-refractivity contribution in [1.82, 2.24) is 9.97 Å². The molecule has 3 nitrogen and oxygen atoms in total. The number of anilines is 2. The summed E-state index contributed by atoms with van der Waals surface area (Å²) in [5.74, 6) is 0.654. The van der Waals surface area contributed by atoms with Crippen molar-refractivity contribution >= 4 is 46.3 Å². The molecule has 0 saturated heterocycles. The van der Waals surface area contributed by atoms with Crippen molar-refractivity contribution in [3.63, 3.8) is 0 Å². The fourth-order valence-electron chi connectivity index (χ4n) is 1.53. The Labute approximate surface area is 120 Å². The minimum absolute atomic E-state index is 0.445. The molecule has 18 heavy (non-hydrogen) atoms. The second kappa shape index (κ2) is 5.74. The molecule has 1 aromatic carbocycles. The van der Waals surface area contributed by atoms with Crippen LogP contribution < -0.4 is 5.32 Å². The number of hydrogen-bond acceptors (Lipinski definition) is 3. The van der Waals surface area contributed by atoms with Crippen molar-refractivity contribution in [3.8, 4) is 0 Å². The minimum atomic E-state index is 0.445. The van der Waals surface area contributed by atoms with E-state index >= 15 is 0 Å². The predicted molar refractivity (Wildman–Crippen MR) is 76.2 cm³/mol. The molecular weight excluding hydrogens is 293 g/mol. The lowest BCUT2D eigenvalue weighted by atomic mass is 10.2. The highest BCUT2D eigenvalue weighted by molar-refractivity contribution is 6.36. The topological polar surface area (TPSA) is 37.8 Å². The highest BCUT2D eigenvalue weighted by Gasteiger charge is 2.09. The Morgan fingerprint density at radius 1 is 1.17 bits per heavy atom. The van der Waals surface area contributed by atoms with E-state index in [2.05, 4.69) is 15.3 Å². The van der Waals surface area contributed by atoms with Crippen LogP contribution in [0.4, 0.5) is 11.5 Å². The fraction of sp³-hybridized carbons (Fsp3) is 0.167. The molecule has 0 bridgehead atoms. The number of rotatable bonds is 3. The van der Waals surface area contributed by atoms with E-state index in [-0.39, 0.29) is 0 Å². The average Bonchev–Trinajstić information content (AvgIpc) is 2.33. The lowest BCUT2D eigenvalue weighted by Gasteiger charge is -2.11. The van der Waals surface area contributed by atoms with Crippen molar-refractivity contribution in [1.29, 1.82) is 0 Å². The molecule has 2 aromatic rings. The maximum atomic E-state index is 6.09. The van der Waals surface area contributed by atoms with Gasteiger partial charge in [-0.25, -0.2) is 9.97 Å². The highest BCUT2D eigenvalue weighted by atomic mass is 35.5. The first-order valence-corrected chi connectivity index (χ1v) is 6.46. The van der Waals surface area contributed by atoms with Crippen LogP contribution in [0.25, 0.3) is 0 Å². The van der Waals surface area contributed by atoms with Crippen LogP contribution in [0, 0.1) is 0 Å². The molecule has 1 N–H and O–H groups in total. The molecule has 6 heteroatoms. The summed E-state index contributed by atoms with van der Waals surface area (Å²) in [6.07, 6.45) is 2.14. The molecule has 0 fully saturated rings. The van der Waals surface area contributed by atoms with E-state index in [0.717, 1.165) is 17.7 Å². The Bertz CT molecular complexity index is 572. The lowest BCUT2D eigenvalue weighted by Crippen LogP contribution is -2.01. The summed E-state index contributed by atoms with van der Waals surface area (Å²) in [4.78, 5) is 8.12. The maximum absolute atomic E-state index is 6.09. The van der Waals surface area contributed by atoms with Gasteiger partial charge in [0.1, 0.15) is 17.3 Å². The summed E-state index contributed by atoms with van der Waals surface area (Å²) in [5.41, 5.74) is 1.58. The van der Waals surface area contributed by atoms with E-state index in [9.17, 15) is 0 Å². The van der Waals surface area contributed by atoms with Crippen LogP contribution in [-0.4, -0.2) is 9.97 Å². The predicted octanol–water partition coefficient (Wildman–Crippen LogP) is 4.74. The summed E-state index contributed by atoms with van der Waals surface area (Å²) < 4.78 is 0. The van der Waals surface area contributed by atoms with Crippen LogP contribution in [0.2, 0.25) is 15.2 Å². The third kappa shape index (κ3) is 2.86. The minimum Gasteiger partial charge on any atom is -0.339 e. The first-order chi connectivity index (χ1) is 8.61. The van der Waals surface area contributed by atoms with Gasteiger partial charge in [0.05, 0.1) is 10.7 Å². The maximum Gasteiger partial charge on any atom is 0.138 e. The zero-order valence-corrected chi connectivity index (χ0v) is 11.8. The molecule has 0 saturated carbocycles. The zero-order chi connectivity index (χ0) is 13.1. The number of aromatic nitrogens is 2. The standard InChI is InChI=1S/C12H10Cl3N3/c1-2-8-11(15)16-6-17-12(8)18-10-4-3-7(13)5-9(10)14/h3-6H,2H2,1H3,(H,16,17,18). The zero-order valence-electron chi connectivity index (χ0n) is 9.54. The molecule has 0 unspecified atom stereocenters. The fourth-order valence-corrected chi connectivity index (χ4v) is 2.25. The van der Waals surface area contributed by atoms with E-state index in [1.807, 2.05) is 6.92 Å². The average molecular weight is 303 g/mol. The Balaban J connectivity index is 2.37. The van der Waals surface area contributed by atoms with E-state index in [1.54, 1.807) is 18.2 Å². The summed E-state index contributed by atoms with van der Waals surface area (Å²) in [6.45, 7) is 1.99. The van der Waals surface area contributed by atoms with Crippen molar-refractivity contribution in [2.45, 2.75) is 13.3 Å². The molecule has 1 aromatic heterocycles.